The molecule has 0 radical (unpaired) electrons. The molecule has 1 heteroatoms. The molecule has 0 heterocycles. The molecule has 0 spiro atoms. The Hall–Kier alpha value is -0.0400. The fourth-order valence-electron chi connectivity index (χ4n) is 3.95. The molecule has 25 heavy (non-hydrogen) atoms. The van der Waals surface area contributed by atoms with Crippen LogP contribution in [0, 0.1) is 5.92 Å². The van der Waals surface area contributed by atoms with E-state index in [9.17, 15) is 0 Å². The van der Waals surface area contributed by atoms with Crippen LogP contribution in [-0.4, -0.2) is 11.7 Å². The van der Waals surface area contributed by atoms with Gasteiger partial charge in [-0.15, -0.1) is 0 Å². The smallest absolute Gasteiger partial charge is 0.0431 e. The maximum atomic E-state index is 9.14. The molecule has 0 aromatic carbocycles. The molecule has 0 saturated carbocycles. The summed E-state index contributed by atoms with van der Waals surface area (Å²) in [6.45, 7) is 4.96. The third-order valence-corrected chi connectivity index (χ3v) is 5.70. The Bertz CT molecular complexity index is 226. The van der Waals surface area contributed by atoms with Crippen molar-refractivity contribution in [1.29, 1.82) is 0 Å². The first kappa shape index (κ1) is 25.0. The standard InChI is InChI=1S/C24H50O/c1-3-5-7-9-11-12-14-16-18-21-24(22-19-23-25)20-17-15-13-10-8-6-4-2/h24-25H,3-23H2,1-2H3. The summed E-state index contributed by atoms with van der Waals surface area (Å²) in [6, 6.07) is 0. The van der Waals surface area contributed by atoms with Crippen molar-refractivity contribution in [3.63, 3.8) is 0 Å². The zero-order valence-electron chi connectivity index (χ0n) is 17.9. The lowest BCUT2D eigenvalue weighted by Gasteiger charge is -2.16. The molecule has 1 atom stereocenters. The van der Waals surface area contributed by atoms with Gasteiger partial charge >= 0.3 is 0 Å². The van der Waals surface area contributed by atoms with Crippen LogP contribution in [0.15, 0.2) is 0 Å². The molecule has 0 aromatic heterocycles. The average Bonchev–Trinajstić information content (AvgIpc) is 2.63. The van der Waals surface area contributed by atoms with E-state index in [-0.39, 0.29) is 0 Å². The van der Waals surface area contributed by atoms with Crippen LogP contribution in [0.4, 0.5) is 0 Å². The average molecular weight is 355 g/mol. The van der Waals surface area contributed by atoms with Gasteiger partial charge in [0.1, 0.15) is 0 Å². The molecule has 0 aliphatic rings. The highest BCUT2D eigenvalue weighted by Gasteiger charge is 2.08. The lowest BCUT2D eigenvalue weighted by Crippen LogP contribution is -2.02. The number of unbranched alkanes of at least 4 members (excludes halogenated alkanes) is 14. The second kappa shape index (κ2) is 22.0. The molecular formula is C24H50O. The van der Waals surface area contributed by atoms with Gasteiger partial charge in [0, 0.05) is 6.61 Å². The lowest BCUT2D eigenvalue weighted by atomic mass is 9.90. The number of aliphatic hydroxyl groups is 1. The molecule has 0 bridgehead atoms. The van der Waals surface area contributed by atoms with Gasteiger partial charge in [-0.2, -0.15) is 0 Å². The summed E-state index contributed by atoms with van der Waals surface area (Å²) < 4.78 is 0. The number of hydrogen-bond donors (Lipinski definition) is 1. The van der Waals surface area contributed by atoms with Crippen LogP contribution >= 0.6 is 0 Å². The Morgan fingerprint density at radius 1 is 0.440 bits per heavy atom. The predicted molar refractivity (Wildman–Crippen MR) is 114 cm³/mol. The van der Waals surface area contributed by atoms with E-state index in [1.54, 1.807) is 0 Å². The Morgan fingerprint density at radius 2 is 0.760 bits per heavy atom. The maximum absolute atomic E-state index is 9.14. The fraction of sp³-hybridized carbons (Fsp3) is 1.00. The molecule has 0 fully saturated rings. The molecule has 1 unspecified atom stereocenters. The van der Waals surface area contributed by atoms with Crippen molar-refractivity contribution in [3.8, 4) is 0 Å². The van der Waals surface area contributed by atoms with Crippen molar-refractivity contribution in [2.24, 2.45) is 5.92 Å². The van der Waals surface area contributed by atoms with Gasteiger partial charge in [0.15, 0.2) is 0 Å². The van der Waals surface area contributed by atoms with Crippen LogP contribution in [-0.2, 0) is 0 Å². The van der Waals surface area contributed by atoms with E-state index in [0.717, 1.165) is 12.3 Å². The third-order valence-electron chi connectivity index (χ3n) is 5.70. The van der Waals surface area contributed by atoms with Crippen molar-refractivity contribution < 1.29 is 5.11 Å². The molecule has 0 rings (SSSR count). The molecule has 0 aliphatic carbocycles. The van der Waals surface area contributed by atoms with Gasteiger partial charge in [-0.25, -0.2) is 0 Å². The lowest BCUT2D eigenvalue weighted by molar-refractivity contribution is 0.261. The van der Waals surface area contributed by atoms with E-state index in [2.05, 4.69) is 13.8 Å². The Balaban J connectivity index is 3.53. The molecule has 1 nitrogen and oxygen atoms in total. The number of rotatable bonds is 21. The van der Waals surface area contributed by atoms with Crippen molar-refractivity contribution >= 4 is 0 Å². The topological polar surface area (TPSA) is 20.2 Å². The van der Waals surface area contributed by atoms with Crippen LogP contribution in [0.25, 0.3) is 0 Å². The minimum absolute atomic E-state index is 0.380. The first-order chi connectivity index (χ1) is 12.3. The van der Waals surface area contributed by atoms with Crippen LogP contribution < -0.4 is 0 Å². The molecule has 152 valence electrons. The maximum Gasteiger partial charge on any atom is 0.0431 e. The molecular weight excluding hydrogens is 304 g/mol. The predicted octanol–water partition coefficient (Wildman–Crippen LogP) is 8.44. The molecule has 0 saturated heterocycles. The molecule has 0 aliphatic heterocycles. The second-order valence-corrected chi connectivity index (χ2v) is 8.26. The van der Waals surface area contributed by atoms with Gasteiger partial charge in [0.2, 0.25) is 0 Å². The summed E-state index contributed by atoms with van der Waals surface area (Å²) in [5.74, 6) is 0.882. The highest BCUT2D eigenvalue weighted by atomic mass is 16.2. The van der Waals surface area contributed by atoms with E-state index in [1.165, 1.54) is 122 Å². The van der Waals surface area contributed by atoms with Crippen LogP contribution in [0.3, 0.4) is 0 Å². The van der Waals surface area contributed by atoms with Gasteiger partial charge in [0.05, 0.1) is 0 Å². The van der Waals surface area contributed by atoms with Gasteiger partial charge < -0.3 is 5.11 Å². The third kappa shape index (κ3) is 20.1. The fourth-order valence-corrected chi connectivity index (χ4v) is 3.95. The summed E-state index contributed by atoms with van der Waals surface area (Å²) in [5.41, 5.74) is 0. The summed E-state index contributed by atoms with van der Waals surface area (Å²) in [5, 5.41) is 9.14. The molecule has 0 aromatic rings. The largest absolute Gasteiger partial charge is 0.396 e. The molecule has 1 N–H and O–H groups in total. The van der Waals surface area contributed by atoms with Crippen molar-refractivity contribution in [2.75, 3.05) is 6.61 Å². The Morgan fingerprint density at radius 3 is 1.12 bits per heavy atom. The van der Waals surface area contributed by atoms with E-state index in [4.69, 9.17) is 5.11 Å². The molecule has 0 amide bonds. The van der Waals surface area contributed by atoms with E-state index < -0.39 is 0 Å². The van der Waals surface area contributed by atoms with Crippen molar-refractivity contribution in [1.82, 2.24) is 0 Å². The highest BCUT2D eigenvalue weighted by molar-refractivity contribution is 4.61. The summed E-state index contributed by atoms with van der Waals surface area (Å²) >= 11 is 0. The van der Waals surface area contributed by atoms with Crippen molar-refractivity contribution in [2.45, 2.75) is 142 Å². The number of aliphatic hydroxyl groups excluding tert-OH is 1. The minimum Gasteiger partial charge on any atom is -0.396 e. The zero-order chi connectivity index (χ0) is 18.4. The second-order valence-electron chi connectivity index (χ2n) is 8.26. The zero-order valence-corrected chi connectivity index (χ0v) is 17.9. The Labute approximate surface area is 160 Å². The van der Waals surface area contributed by atoms with Crippen molar-refractivity contribution in [3.05, 3.63) is 0 Å². The van der Waals surface area contributed by atoms with Gasteiger partial charge in [-0.3, -0.25) is 0 Å². The Kier molecular flexibility index (Phi) is 22.0. The van der Waals surface area contributed by atoms with E-state index >= 15 is 0 Å². The van der Waals surface area contributed by atoms with E-state index in [1.807, 2.05) is 0 Å². The monoisotopic (exact) mass is 354 g/mol. The van der Waals surface area contributed by atoms with Crippen LogP contribution in [0.1, 0.15) is 142 Å². The summed E-state index contributed by atoms with van der Waals surface area (Å²) in [4.78, 5) is 0. The summed E-state index contributed by atoms with van der Waals surface area (Å²) in [7, 11) is 0. The van der Waals surface area contributed by atoms with E-state index in [0.29, 0.717) is 6.61 Å². The van der Waals surface area contributed by atoms with Gasteiger partial charge in [-0.05, 0) is 18.8 Å². The SMILES string of the molecule is CCCCCCCCCCCC(CCCO)CCCCCCCCC. The highest BCUT2D eigenvalue weighted by Crippen LogP contribution is 2.23. The van der Waals surface area contributed by atoms with Gasteiger partial charge in [0.25, 0.3) is 0 Å². The normalized spacial score (nSPS) is 12.6. The minimum atomic E-state index is 0.380. The summed E-state index contributed by atoms with van der Waals surface area (Å²) in [6.07, 6.45) is 27.9. The number of hydrogen-bond acceptors (Lipinski definition) is 1. The first-order valence-corrected chi connectivity index (χ1v) is 12.0. The van der Waals surface area contributed by atoms with Crippen LogP contribution in [0.5, 0.6) is 0 Å². The van der Waals surface area contributed by atoms with Gasteiger partial charge in [-0.1, -0.05) is 129 Å². The quantitative estimate of drug-likeness (QED) is 0.205. The first-order valence-electron chi connectivity index (χ1n) is 12.0. The van der Waals surface area contributed by atoms with Crippen LogP contribution in [0.2, 0.25) is 0 Å².